The third kappa shape index (κ3) is 4.22. The van der Waals surface area contributed by atoms with Gasteiger partial charge in [-0.15, -0.1) is 6.58 Å². The van der Waals surface area contributed by atoms with Crippen LogP contribution in [0.4, 0.5) is 0 Å². The summed E-state index contributed by atoms with van der Waals surface area (Å²) in [5.41, 5.74) is 13.7. The van der Waals surface area contributed by atoms with Crippen LogP contribution in [0.2, 0.25) is 0 Å². The van der Waals surface area contributed by atoms with Gasteiger partial charge in [-0.25, -0.2) is 0 Å². The van der Waals surface area contributed by atoms with Crippen LogP contribution < -0.4 is 0 Å². The molecule has 31 heavy (non-hydrogen) atoms. The summed E-state index contributed by atoms with van der Waals surface area (Å²) in [5.74, 6) is 0. The summed E-state index contributed by atoms with van der Waals surface area (Å²) < 4.78 is 0. The van der Waals surface area contributed by atoms with Crippen LogP contribution in [0.15, 0.2) is 60.7 Å². The fourth-order valence-electron chi connectivity index (χ4n) is 5.12. The molecule has 2 aromatic rings. The third-order valence-electron chi connectivity index (χ3n) is 6.89. The average Bonchev–Trinajstić information content (AvgIpc) is 3.29. The van der Waals surface area contributed by atoms with E-state index in [2.05, 4.69) is 90.6 Å². The summed E-state index contributed by atoms with van der Waals surface area (Å²) in [4.78, 5) is 0. The molecule has 0 saturated heterocycles. The zero-order valence-electron chi connectivity index (χ0n) is 20.4. The summed E-state index contributed by atoms with van der Waals surface area (Å²) >= 11 is 0. The highest BCUT2D eigenvalue weighted by molar-refractivity contribution is 5.87. The summed E-state index contributed by atoms with van der Waals surface area (Å²) in [6.45, 7) is 17.9. The predicted molar refractivity (Wildman–Crippen MR) is 137 cm³/mol. The summed E-state index contributed by atoms with van der Waals surface area (Å²) in [6, 6.07) is 11.9. The van der Waals surface area contributed by atoms with Crippen LogP contribution in [-0.2, 0) is 17.3 Å². The van der Waals surface area contributed by atoms with Crippen molar-refractivity contribution in [3.8, 4) is 11.1 Å². The van der Waals surface area contributed by atoms with Gasteiger partial charge in [-0.05, 0) is 87.5 Å². The molecule has 0 spiro atoms. The normalized spacial score (nSPS) is 15.4. The number of unbranched alkanes of at least 4 members (excludes halogenated alkanes) is 1. The van der Waals surface area contributed by atoms with Gasteiger partial charge in [0.05, 0.1) is 0 Å². The van der Waals surface area contributed by atoms with Crippen LogP contribution >= 0.6 is 0 Å². The van der Waals surface area contributed by atoms with Crippen molar-refractivity contribution in [1.29, 1.82) is 0 Å². The second kappa shape index (κ2) is 7.97. The largest absolute Gasteiger partial charge is 0.103 e. The van der Waals surface area contributed by atoms with Crippen LogP contribution in [0.5, 0.6) is 0 Å². The van der Waals surface area contributed by atoms with Crippen molar-refractivity contribution < 1.29 is 0 Å². The number of allylic oxidation sites excluding steroid dienone is 5. The summed E-state index contributed by atoms with van der Waals surface area (Å²) in [7, 11) is 0. The van der Waals surface area contributed by atoms with Gasteiger partial charge in [0.2, 0.25) is 0 Å². The molecule has 2 aromatic carbocycles. The van der Waals surface area contributed by atoms with Gasteiger partial charge < -0.3 is 0 Å². The van der Waals surface area contributed by atoms with E-state index in [1.807, 2.05) is 6.08 Å². The van der Waals surface area contributed by atoms with E-state index in [1.54, 1.807) is 5.56 Å². The first-order chi connectivity index (χ1) is 14.6. The van der Waals surface area contributed by atoms with Crippen molar-refractivity contribution in [3.63, 3.8) is 0 Å². The molecule has 0 nitrogen and oxygen atoms in total. The van der Waals surface area contributed by atoms with E-state index in [0.29, 0.717) is 0 Å². The molecule has 0 heteroatoms. The molecular formula is C31H38. The molecule has 0 amide bonds. The van der Waals surface area contributed by atoms with Gasteiger partial charge >= 0.3 is 0 Å². The lowest BCUT2D eigenvalue weighted by atomic mass is 9.78. The molecule has 4 rings (SSSR count). The Kier molecular flexibility index (Phi) is 5.63. The van der Waals surface area contributed by atoms with Crippen molar-refractivity contribution in [2.75, 3.05) is 0 Å². The first kappa shape index (κ1) is 21.9. The number of benzene rings is 2. The average molecular weight is 411 g/mol. The van der Waals surface area contributed by atoms with E-state index in [1.165, 1.54) is 50.9 Å². The molecule has 162 valence electrons. The second-order valence-corrected chi connectivity index (χ2v) is 11.4. The number of rotatable bonds is 5. The molecular weight excluding hydrogens is 372 g/mol. The quantitative estimate of drug-likeness (QED) is 0.291. The Morgan fingerprint density at radius 2 is 1.68 bits per heavy atom. The van der Waals surface area contributed by atoms with Crippen molar-refractivity contribution >= 4 is 5.57 Å². The van der Waals surface area contributed by atoms with Crippen LogP contribution in [0, 0.1) is 0 Å². The monoisotopic (exact) mass is 410 g/mol. The molecule has 0 bridgehead atoms. The van der Waals surface area contributed by atoms with Crippen molar-refractivity contribution in [2.45, 2.75) is 84.5 Å². The van der Waals surface area contributed by atoms with Gasteiger partial charge in [0, 0.05) is 0 Å². The minimum atomic E-state index is 0.127. The maximum absolute atomic E-state index is 3.87. The van der Waals surface area contributed by atoms with Gasteiger partial charge in [0.1, 0.15) is 0 Å². The first-order valence-electron chi connectivity index (χ1n) is 11.9. The fourth-order valence-corrected chi connectivity index (χ4v) is 5.12. The van der Waals surface area contributed by atoms with Crippen molar-refractivity contribution in [2.24, 2.45) is 0 Å². The minimum Gasteiger partial charge on any atom is -0.103 e. The van der Waals surface area contributed by atoms with Gasteiger partial charge in [0.25, 0.3) is 0 Å². The number of fused-ring (bicyclic) bond motifs is 3. The molecule has 0 radical (unpaired) electrons. The van der Waals surface area contributed by atoms with Gasteiger partial charge in [0.15, 0.2) is 0 Å². The highest BCUT2D eigenvalue weighted by Crippen LogP contribution is 2.47. The molecule has 0 saturated carbocycles. The Morgan fingerprint density at radius 3 is 2.35 bits per heavy atom. The lowest BCUT2D eigenvalue weighted by Gasteiger charge is -2.26. The minimum absolute atomic E-state index is 0.127. The molecule has 2 aliphatic rings. The Bertz CT molecular complexity index is 1070. The maximum atomic E-state index is 3.87. The van der Waals surface area contributed by atoms with Crippen LogP contribution in [0.3, 0.4) is 0 Å². The van der Waals surface area contributed by atoms with Gasteiger partial charge in [-0.3, -0.25) is 0 Å². The zero-order chi connectivity index (χ0) is 22.4. The van der Waals surface area contributed by atoms with Crippen LogP contribution in [-0.4, -0.2) is 0 Å². The smallest absolute Gasteiger partial charge is 0.000719 e. The Balaban J connectivity index is 1.78. The predicted octanol–water partition coefficient (Wildman–Crippen LogP) is 8.92. The summed E-state index contributed by atoms with van der Waals surface area (Å²) in [6.07, 6.45) is 12.5. The molecule has 0 aromatic heterocycles. The van der Waals surface area contributed by atoms with Crippen molar-refractivity contribution in [3.05, 3.63) is 88.5 Å². The Labute approximate surface area is 189 Å². The Morgan fingerprint density at radius 1 is 0.935 bits per heavy atom. The molecule has 0 aliphatic heterocycles. The topological polar surface area (TPSA) is 0 Å². The lowest BCUT2D eigenvalue weighted by Crippen LogP contribution is -2.15. The van der Waals surface area contributed by atoms with Crippen molar-refractivity contribution in [1.82, 2.24) is 0 Å². The Hall–Kier alpha value is -2.34. The maximum Gasteiger partial charge on any atom is -0.000719 e. The highest BCUT2D eigenvalue weighted by atomic mass is 14.3. The van der Waals surface area contributed by atoms with Gasteiger partial charge in [-0.2, -0.15) is 0 Å². The SMILES string of the molecule is C=CCCCC1=CCC(c2c(C(C)(C)C)ccc3c2Cc2cc(C(C)(C)C)ccc2-3)=C1. The van der Waals surface area contributed by atoms with Crippen LogP contribution in [0.25, 0.3) is 16.7 Å². The van der Waals surface area contributed by atoms with E-state index in [-0.39, 0.29) is 10.8 Å². The van der Waals surface area contributed by atoms with Gasteiger partial charge in [-0.1, -0.05) is 95.7 Å². The van der Waals surface area contributed by atoms with E-state index in [9.17, 15) is 0 Å². The lowest BCUT2D eigenvalue weighted by molar-refractivity contribution is 0.587. The van der Waals surface area contributed by atoms with Crippen LogP contribution in [0.1, 0.15) is 95.0 Å². The molecule has 0 fully saturated rings. The van der Waals surface area contributed by atoms with E-state index in [0.717, 1.165) is 25.7 Å². The first-order valence-corrected chi connectivity index (χ1v) is 11.9. The molecule has 0 unspecified atom stereocenters. The standard InChI is InChI=1S/C31H38/c1-8-9-10-11-21-12-13-22(18-21)29-27-20-23-19-24(30(2,3)4)14-15-25(23)26(27)16-17-28(29)31(5,6)7/h8,12,14-19H,1,9-11,13,20H2,2-7H3. The molecule has 0 atom stereocenters. The van der Waals surface area contributed by atoms with E-state index >= 15 is 0 Å². The number of hydrogen-bond donors (Lipinski definition) is 0. The third-order valence-corrected chi connectivity index (χ3v) is 6.89. The summed E-state index contributed by atoms with van der Waals surface area (Å²) in [5, 5.41) is 0. The highest BCUT2D eigenvalue weighted by Gasteiger charge is 2.30. The second-order valence-electron chi connectivity index (χ2n) is 11.4. The van der Waals surface area contributed by atoms with E-state index < -0.39 is 0 Å². The zero-order valence-corrected chi connectivity index (χ0v) is 20.4. The molecule has 2 aliphatic carbocycles. The fraction of sp³-hybridized carbons (Fsp3) is 0.419. The molecule has 0 heterocycles. The number of hydrogen-bond acceptors (Lipinski definition) is 0. The molecule has 0 N–H and O–H groups in total. The van der Waals surface area contributed by atoms with E-state index in [4.69, 9.17) is 0 Å².